The number of thiophene rings is 1. The second kappa shape index (κ2) is 6.92. The minimum Gasteiger partial charge on any atom is -0.347 e. The Balaban J connectivity index is 1.82. The first-order chi connectivity index (χ1) is 11.6. The van der Waals surface area contributed by atoms with E-state index in [0.29, 0.717) is 6.42 Å². The molecule has 3 heterocycles. The normalized spacial score (nSPS) is 12.8. The molecule has 7 heteroatoms. The molecule has 1 atom stereocenters. The van der Waals surface area contributed by atoms with Crippen molar-refractivity contribution in [3.05, 3.63) is 65.1 Å². The van der Waals surface area contributed by atoms with E-state index in [-0.39, 0.29) is 11.9 Å². The Morgan fingerprint density at radius 3 is 2.88 bits per heavy atom. The van der Waals surface area contributed by atoms with Gasteiger partial charge in [0.05, 0.1) is 6.04 Å². The maximum atomic E-state index is 12.9. The Bertz CT molecular complexity index is 769. The smallest absolute Gasteiger partial charge is 0.247 e. The van der Waals surface area contributed by atoms with Crippen LogP contribution >= 0.6 is 11.3 Å². The molecule has 0 saturated carbocycles. The molecular formula is C17H19N5OS. The number of carbonyl (C=O) groups is 1. The second-order valence-electron chi connectivity index (χ2n) is 6.05. The van der Waals surface area contributed by atoms with Gasteiger partial charge in [-0.3, -0.25) is 9.78 Å². The zero-order valence-electron chi connectivity index (χ0n) is 13.6. The Morgan fingerprint density at radius 1 is 1.38 bits per heavy atom. The van der Waals surface area contributed by atoms with Crippen LogP contribution in [0.3, 0.4) is 0 Å². The highest BCUT2D eigenvalue weighted by atomic mass is 32.1. The average Bonchev–Trinajstić information content (AvgIpc) is 3.29. The number of pyridine rings is 1. The van der Waals surface area contributed by atoms with Crippen LogP contribution in [0.15, 0.2) is 54.0 Å². The van der Waals surface area contributed by atoms with Crippen molar-refractivity contribution in [1.29, 1.82) is 0 Å². The first-order valence-electron chi connectivity index (χ1n) is 7.64. The summed E-state index contributed by atoms with van der Waals surface area (Å²) in [5, 5.41) is 11.4. The van der Waals surface area contributed by atoms with Gasteiger partial charge < -0.3 is 5.32 Å². The molecule has 0 fully saturated rings. The topological polar surface area (TPSA) is 72.7 Å². The van der Waals surface area contributed by atoms with E-state index < -0.39 is 5.54 Å². The molecule has 0 spiro atoms. The van der Waals surface area contributed by atoms with E-state index in [1.165, 1.54) is 11.9 Å². The highest BCUT2D eigenvalue weighted by Gasteiger charge is 2.32. The van der Waals surface area contributed by atoms with E-state index in [1.54, 1.807) is 34.7 Å². The maximum absolute atomic E-state index is 12.9. The van der Waals surface area contributed by atoms with Crippen LogP contribution in [0.25, 0.3) is 0 Å². The van der Waals surface area contributed by atoms with E-state index in [2.05, 4.69) is 31.8 Å². The minimum absolute atomic E-state index is 0.114. The predicted octanol–water partition coefficient (Wildman–Crippen LogP) is 2.57. The average molecular weight is 341 g/mol. The third-order valence-electron chi connectivity index (χ3n) is 3.96. The summed E-state index contributed by atoms with van der Waals surface area (Å²) in [7, 11) is 0. The van der Waals surface area contributed by atoms with Gasteiger partial charge in [0.25, 0.3) is 0 Å². The molecule has 0 saturated heterocycles. The number of carbonyl (C=O) groups excluding carboxylic acids is 1. The highest BCUT2D eigenvalue weighted by Crippen LogP contribution is 2.22. The van der Waals surface area contributed by atoms with E-state index >= 15 is 0 Å². The molecule has 0 bridgehead atoms. The molecule has 24 heavy (non-hydrogen) atoms. The summed E-state index contributed by atoms with van der Waals surface area (Å²) >= 11 is 1.65. The molecule has 3 aromatic rings. The number of hydrogen-bond donors (Lipinski definition) is 1. The summed E-state index contributed by atoms with van der Waals surface area (Å²) in [6.07, 6.45) is 7.22. The molecule has 0 unspecified atom stereocenters. The maximum Gasteiger partial charge on any atom is 0.247 e. The first kappa shape index (κ1) is 16.3. The fourth-order valence-electron chi connectivity index (χ4n) is 2.41. The van der Waals surface area contributed by atoms with Crippen molar-refractivity contribution in [3.8, 4) is 0 Å². The summed E-state index contributed by atoms with van der Waals surface area (Å²) in [4.78, 5) is 21.0. The summed E-state index contributed by atoms with van der Waals surface area (Å²) in [6, 6.07) is 5.78. The second-order valence-corrected chi connectivity index (χ2v) is 6.83. The zero-order chi connectivity index (χ0) is 17.0. The summed E-state index contributed by atoms with van der Waals surface area (Å²) in [5.41, 5.74) is 1.34. The van der Waals surface area contributed by atoms with Crippen molar-refractivity contribution in [3.63, 3.8) is 0 Å². The van der Waals surface area contributed by atoms with E-state index in [0.717, 1.165) is 5.56 Å². The molecule has 0 aliphatic heterocycles. The SMILES string of the molecule is CC(C)(C(=O)N[C@@H](Cc1ccsc1)c1cccnc1)n1cncn1. The number of nitrogens with one attached hydrogen (secondary N) is 1. The molecule has 1 N–H and O–H groups in total. The zero-order valence-corrected chi connectivity index (χ0v) is 14.4. The van der Waals surface area contributed by atoms with Gasteiger partial charge in [-0.2, -0.15) is 16.4 Å². The van der Waals surface area contributed by atoms with Gasteiger partial charge in [0.2, 0.25) is 5.91 Å². The van der Waals surface area contributed by atoms with E-state index in [4.69, 9.17) is 0 Å². The van der Waals surface area contributed by atoms with Crippen molar-refractivity contribution >= 4 is 17.2 Å². The lowest BCUT2D eigenvalue weighted by Gasteiger charge is -2.27. The predicted molar refractivity (Wildman–Crippen MR) is 92.5 cm³/mol. The molecule has 0 aliphatic rings. The van der Waals surface area contributed by atoms with Crippen LogP contribution in [0.5, 0.6) is 0 Å². The van der Waals surface area contributed by atoms with Gasteiger partial charge in [0.15, 0.2) is 0 Å². The molecule has 0 radical (unpaired) electrons. The minimum atomic E-state index is -0.828. The highest BCUT2D eigenvalue weighted by molar-refractivity contribution is 7.07. The standard InChI is InChI=1S/C17H19N5OS/c1-17(2,22-12-19-11-20-22)16(23)21-15(8-13-5-7-24-10-13)14-4-3-6-18-9-14/h3-7,9-12,15H,8H2,1-2H3,(H,21,23)/t15-/m0/s1. The number of hydrogen-bond acceptors (Lipinski definition) is 5. The van der Waals surface area contributed by atoms with E-state index in [9.17, 15) is 4.79 Å². The molecule has 3 aromatic heterocycles. The fourth-order valence-corrected chi connectivity index (χ4v) is 3.10. The summed E-state index contributed by atoms with van der Waals surface area (Å²) in [5.74, 6) is -0.114. The summed E-state index contributed by atoms with van der Waals surface area (Å²) in [6.45, 7) is 3.64. The van der Waals surface area contributed by atoms with Crippen LogP contribution < -0.4 is 5.32 Å². The molecule has 3 rings (SSSR count). The lowest BCUT2D eigenvalue weighted by molar-refractivity contribution is -0.129. The molecule has 1 amide bonds. The lowest BCUT2D eigenvalue weighted by atomic mass is 9.99. The van der Waals surface area contributed by atoms with Crippen molar-refractivity contribution in [2.24, 2.45) is 0 Å². The molecule has 6 nitrogen and oxygen atoms in total. The molecule has 0 aliphatic carbocycles. The van der Waals surface area contributed by atoms with Crippen molar-refractivity contribution in [2.45, 2.75) is 31.8 Å². The number of amides is 1. The quantitative estimate of drug-likeness (QED) is 0.748. The van der Waals surface area contributed by atoms with Crippen LogP contribution in [0.4, 0.5) is 0 Å². The fraction of sp³-hybridized carbons (Fsp3) is 0.294. The Kier molecular flexibility index (Phi) is 4.71. The van der Waals surface area contributed by atoms with E-state index in [1.807, 2.05) is 31.4 Å². The van der Waals surface area contributed by atoms with Crippen molar-refractivity contribution in [2.75, 3.05) is 0 Å². The van der Waals surface area contributed by atoms with Gasteiger partial charge in [-0.1, -0.05) is 6.07 Å². The van der Waals surface area contributed by atoms with Gasteiger partial charge in [-0.15, -0.1) is 0 Å². The van der Waals surface area contributed by atoms with Crippen LogP contribution in [0.1, 0.15) is 31.0 Å². The van der Waals surface area contributed by atoms with Crippen LogP contribution in [0, 0.1) is 0 Å². The van der Waals surface area contributed by atoms with Crippen LogP contribution in [0.2, 0.25) is 0 Å². The number of rotatable bonds is 6. The number of nitrogens with zero attached hydrogens (tertiary/aromatic N) is 4. The van der Waals surface area contributed by atoms with Crippen molar-refractivity contribution in [1.82, 2.24) is 25.1 Å². The summed E-state index contributed by atoms with van der Waals surface area (Å²) < 4.78 is 1.56. The monoisotopic (exact) mass is 341 g/mol. The van der Waals surface area contributed by atoms with Gasteiger partial charge in [0.1, 0.15) is 18.2 Å². The van der Waals surface area contributed by atoms with Gasteiger partial charge >= 0.3 is 0 Å². The van der Waals surface area contributed by atoms with Gasteiger partial charge in [-0.25, -0.2) is 9.67 Å². The van der Waals surface area contributed by atoms with Gasteiger partial charge in [0, 0.05) is 12.4 Å². The molecular weight excluding hydrogens is 322 g/mol. The molecule has 0 aromatic carbocycles. The molecule has 124 valence electrons. The Hall–Kier alpha value is -2.54. The number of aromatic nitrogens is 4. The lowest BCUT2D eigenvalue weighted by Crippen LogP contribution is -2.46. The van der Waals surface area contributed by atoms with Crippen molar-refractivity contribution < 1.29 is 4.79 Å². The Labute approximate surface area is 144 Å². The largest absolute Gasteiger partial charge is 0.347 e. The van der Waals surface area contributed by atoms with Gasteiger partial charge in [-0.05, 0) is 54.3 Å². The Morgan fingerprint density at radius 2 is 2.25 bits per heavy atom. The third kappa shape index (κ3) is 3.51. The first-order valence-corrected chi connectivity index (χ1v) is 8.58. The van der Waals surface area contributed by atoms with Crippen LogP contribution in [-0.4, -0.2) is 25.7 Å². The van der Waals surface area contributed by atoms with Crippen LogP contribution in [-0.2, 0) is 16.8 Å². The third-order valence-corrected chi connectivity index (χ3v) is 4.69.